The molecule has 0 N–H and O–H groups in total. The molecule has 15 heavy (non-hydrogen) atoms. The van der Waals surface area contributed by atoms with E-state index in [1.165, 1.54) is 10.6 Å². The zero-order chi connectivity index (χ0) is 10.8. The number of fused-ring (bicyclic) bond motifs is 1. The van der Waals surface area contributed by atoms with Crippen LogP contribution in [0.4, 0.5) is 5.69 Å². The standard InChI is InChI=1S/C12H14ClNS/c1-3-5-12-14(4-2)10-8-9(13)6-7-11(10)15-12/h3,5-8,12H,4H2,1-2H3. The number of rotatable bonds is 2. The van der Waals surface area contributed by atoms with Crippen LogP contribution in [0.5, 0.6) is 0 Å². The van der Waals surface area contributed by atoms with Gasteiger partial charge in [-0.25, -0.2) is 0 Å². The molecule has 2 rings (SSSR count). The average molecular weight is 240 g/mol. The maximum atomic E-state index is 6.02. The molecule has 1 heterocycles. The number of likely N-dealkylation sites (N-methyl/N-ethyl adjacent to an activating group) is 1. The Labute approximate surface area is 100 Å². The number of hydrogen-bond acceptors (Lipinski definition) is 2. The normalized spacial score (nSPS) is 19.9. The smallest absolute Gasteiger partial charge is 0.0982 e. The number of halogens is 1. The monoisotopic (exact) mass is 239 g/mol. The molecule has 1 aromatic rings. The average Bonchev–Trinajstić information content (AvgIpc) is 2.55. The third-order valence-electron chi connectivity index (χ3n) is 2.48. The SMILES string of the molecule is CC=CC1Sc2ccc(Cl)cc2N1CC. The summed E-state index contributed by atoms with van der Waals surface area (Å²) in [5.41, 5.74) is 1.26. The van der Waals surface area contributed by atoms with Crippen molar-refractivity contribution in [1.29, 1.82) is 0 Å². The summed E-state index contributed by atoms with van der Waals surface area (Å²) in [6.07, 6.45) is 4.33. The summed E-state index contributed by atoms with van der Waals surface area (Å²) in [4.78, 5) is 3.69. The van der Waals surface area contributed by atoms with Gasteiger partial charge in [-0.1, -0.05) is 35.5 Å². The van der Waals surface area contributed by atoms with Crippen LogP contribution in [0.3, 0.4) is 0 Å². The van der Waals surface area contributed by atoms with Gasteiger partial charge in [0.2, 0.25) is 0 Å². The Morgan fingerprint density at radius 3 is 3.00 bits per heavy atom. The Morgan fingerprint density at radius 1 is 1.53 bits per heavy atom. The van der Waals surface area contributed by atoms with E-state index in [0.29, 0.717) is 5.37 Å². The van der Waals surface area contributed by atoms with Gasteiger partial charge in [0, 0.05) is 16.5 Å². The first-order valence-electron chi connectivity index (χ1n) is 5.12. The van der Waals surface area contributed by atoms with Crippen LogP contribution in [0.25, 0.3) is 0 Å². The van der Waals surface area contributed by atoms with Crippen LogP contribution in [-0.4, -0.2) is 11.9 Å². The van der Waals surface area contributed by atoms with Crippen LogP contribution < -0.4 is 4.90 Å². The van der Waals surface area contributed by atoms with Gasteiger partial charge in [-0.05, 0) is 32.0 Å². The lowest BCUT2D eigenvalue weighted by Gasteiger charge is -2.22. The fraction of sp³-hybridized carbons (Fsp3) is 0.333. The number of hydrogen-bond donors (Lipinski definition) is 0. The molecule has 1 nitrogen and oxygen atoms in total. The Morgan fingerprint density at radius 2 is 2.33 bits per heavy atom. The molecule has 1 aliphatic rings. The summed E-state index contributed by atoms with van der Waals surface area (Å²) < 4.78 is 0. The van der Waals surface area contributed by atoms with Gasteiger partial charge in [0.25, 0.3) is 0 Å². The Balaban J connectivity index is 2.37. The van der Waals surface area contributed by atoms with E-state index < -0.39 is 0 Å². The van der Waals surface area contributed by atoms with E-state index in [1.807, 2.05) is 17.8 Å². The first-order valence-corrected chi connectivity index (χ1v) is 6.37. The minimum Gasteiger partial charge on any atom is -0.355 e. The molecule has 3 heteroatoms. The molecule has 0 radical (unpaired) electrons. The lowest BCUT2D eigenvalue weighted by Crippen LogP contribution is -2.27. The summed E-state index contributed by atoms with van der Waals surface area (Å²) in [5.74, 6) is 0. The van der Waals surface area contributed by atoms with Crippen molar-refractivity contribution in [3.05, 3.63) is 35.4 Å². The van der Waals surface area contributed by atoms with Gasteiger partial charge in [-0.3, -0.25) is 0 Å². The molecule has 80 valence electrons. The van der Waals surface area contributed by atoms with Crippen molar-refractivity contribution >= 4 is 29.1 Å². The van der Waals surface area contributed by atoms with Crippen LogP contribution in [0.1, 0.15) is 13.8 Å². The Kier molecular flexibility index (Phi) is 3.27. The second-order valence-electron chi connectivity index (χ2n) is 3.43. The lowest BCUT2D eigenvalue weighted by atomic mass is 10.3. The highest BCUT2D eigenvalue weighted by Crippen LogP contribution is 2.44. The van der Waals surface area contributed by atoms with Crippen molar-refractivity contribution in [1.82, 2.24) is 0 Å². The molecule has 0 amide bonds. The minimum absolute atomic E-state index is 0.425. The van der Waals surface area contributed by atoms with Gasteiger partial charge >= 0.3 is 0 Å². The fourth-order valence-electron chi connectivity index (χ4n) is 1.80. The van der Waals surface area contributed by atoms with E-state index in [2.05, 4.69) is 43.0 Å². The van der Waals surface area contributed by atoms with Crippen LogP contribution in [0.15, 0.2) is 35.2 Å². The summed E-state index contributed by atoms with van der Waals surface area (Å²) in [7, 11) is 0. The molecule has 1 atom stereocenters. The van der Waals surface area contributed by atoms with Crippen molar-refractivity contribution in [3.8, 4) is 0 Å². The second-order valence-corrected chi connectivity index (χ2v) is 5.03. The molecule has 0 aliphatic carbocycles. The van der Waals surface area contributed by atoms with Crippen LogP contribution in [-0.2, 0) is 0 Å². The van der Waals surface area contributed by atoms with Gasteiger partial charge < -0.3 is 4.90 Å². The van der Waals surface area contributed by atoms with Crippen molar-refractivity contribution in [2.75, 3.05) is 11.4 Å². The van der Waals surface area contributed by atoms with E-state index in [9.17, 15) is 0 Å². The first kappa shape index (κ1) is 10.9. The maximum absolute atomic E-state index is 6.02. The number of allylic oxidation sites excluding steroid dienone is 1. The van der Waals surface area contributed by atoms with Crippen LogP contribution >= 0.6 is 23.4 Å². The molecule has 0 aromatic heterocycles. The lowest BCUT2D eigenvalue weighted by molar-refractivity contribution is 0.877. The summed E-state index contributed by atoms with van der Waals surface area (Å²) in [5, 5.41) is 1.24. The highest BCUT2D eigenvalue weighted by atomic mass is 35.5. The molecule has 0 spiro atoms. The quantitative estimate of drug-likeness (QED) is 0.713. The first-order chi connectivity index (χ1) is 7.26. The predicted molar refractivity (Wildman–Crippen MR) is 68.9 cm³/mol. The maximum Gasteiger partial charge on any atom is 0.0982 e. The topological polar surface area (TPSA) is 3.24 Å². The third-order valence-corrected chi connectivity index (χ3v) is 3.97. The summed E-state index contributed by atoms with van der Waals surface area (Å²) in [6.45, 7) is 5.24. The molecular formula is C12H14ClNS. The molecule has 0 saturated carbocycles. The van der Waals surface area contributed by atoms with Gasteiger partial charge in [-0.15, -0.1) is 0 Å². The highest BCUT2D eigenvalue weighted by Gasteiger charge is 2.26. The third kappa shape index (κ3) is 2.01. The number of benzene rings is 1. The van der Waals surface area contributed by atoms with Crippen molar-refractivity contribution in [2.24, 2.45) is 0 Å². The van der Waals surface area contributed by atoms with E-state index in [0.717, 1.165) is 11.6 Å². The Hall–Kier alpha value is -0.600. The zero-order valence-electron chi connectivity index (χ0n) is 8.90. The molecule has 0 fully saturated rings. The predicted octanol–water partition coefficient (Wildman–Crippen LogP) is 4.17. The van der Waals surface area contributed by atoms with Gasteiger partial charge in [-0.2, -0.15) is 0 Å². The molecule has 1 aromatic carbocycles. The molecule has 0 saturated heterocycles. The number of anilines is 1. The number of thioether (sulfide) groups is 1. The molecule has 0 bridgehead atoms. The van der Waals surface area contributed by atoms with Crippen molar-refractivity contribution in [2.45, 2.75) is 24.1 Å². The fourth-order valence-corrected chi connectivity index (χ4v) is 3.30. The van der Waals surface area contributed by atoms with E-state index in [1.54, 1.807) is 0 Å². The van der Waals surface area contributed by atoms with E-state index in [4.69, 9.17) is 11.6 Å². The van der Waals surface area contributed by atoms with Crippen molar-refractivity contribution < 1.29 is 0 Å². The zero-order valence-corrected chi connectivity index (χ0v) is 10.5. The summed E-state index contributed by atoms with van der Waals surface area (Å²) in [6, 6.07) is 6.12. The second kappa shape index (κ2) is 4.50. The highest BCUT2D eigenvalue weighted by molar-refractivity contribution is 8.00. The van der Waals surface area contributed by atoms with Gasteiger partial charge in [0.1, 0.15) is 0 Å². The van der Waals surface area contributed by atoms with Crippen LogP contribution in [0.2, 0.25) is 5.02 Å². The molecule has 1 aliphatic heterocycles. The van der Waals surface area contributed by atoms with Gasteiger partial charge in [0.15, 0.2) is 0 Å². The molecule has 1 unspecified atom stereocenters. The van der Waals surface area contributed by atoms with E-state index >= 15 is 0 Å². The minimum atomic E-state index is 0.425. The van der Waals surface area contributed by atoms with Gasteiger partial charge in [0.05, 0.1) is 11.1 Å². The van der Waals surface area contributed by atoms with Crippen molar-refractivity contribution in [3.63, 3.8) is 0 Å². The van der Waals surface area contributed by atoms with Crippen LogP contribution in [0, 0.1) is 0 Å². The summed E-state index contributed by atoms with van der Waals surface area (Å²) >= 11 is 7.90. The molecular weight excluding hydrogens is 226 g/mol. The Bertz CT molecular complexity index is 389. The number of nitrogens with zero attached hydrogens (tertiary/aromatic N) is 1. The largest absolute Gasteiger partial charge is 0.355 e. The van der Waals surface area contributed by atoms with E-state index in [-0.39, 0.29) is 0 Å².